The number of rotatable bonds is 5. The van der Waals surface area contributed by atoms with Crippen molar-refractivity contribution in [3.05, 3.63) is 66.2 Å². The lowest BCUT2D eigenvalue weighted by molar-refractivity contribution is 0.379. The molecule has 1 aliphatic rings. The molecule has 148 valence electrons. The third kappa shape index (κ3) is 3.55. The molecule has 0 radical (unpaired) electrons. The van der Waals surface area contributed by atoms with Gasteiger partial charge in [-0.2, -0.15) is 0 Å². The van der Waals surface area contributed by atoms with Gasteiger partial charge >= 0.3 is 0 Å². The summed E-state index contributed by atoms with van der Waals surface area (Å²) in [6.45, 7) is 0. The molecule has 0 spiro atoms. The maximum absolute atomic E-state index is 6.50. The Balaban J connectivity index is 1.65. The first-order valence-electron chi connectivity index (χ1n) is 9.07. The second-order valence-corrected chi connectivity index (χ2v) is 6.50. The van der Waals surface area contributed by atoms with Gasteiger partial charge in [-0.1, -0.05) is 18.2 Å². The lowest BCUT2D eigenvalue weighted by atomic mass is 10.1. The third-order valence-electron chi connectivity index (χ3n) is 4.73. The topological polar surface area (TPSA) is 95.3 Å². The number of ether oxygens (including phenoxy) is 3. The molecule has 29 heavy (non-hydrogen) atoms. The van der Waals surface area contributed by atoms with Gasteiger partial charge in [-0.05, 0) is 30.3 Å². The van der Waals surface area contributed by atoms with Gasteiger partial charge in [0.05, 0.1) is 31.9 Å². The number of nitrogens with two attached hydrogens (primary N) is 2. The van der Waals surface area contributed by atoms with E-state index in [1.807, 2.05) is 53.4 Å². The van der Waals surface area contributed by atoms with E-state index in [-0.39, 0.29) is 0 Å². The number of hydrogen-bond donors (Lipinski definition) is 2. The first-order chi connectivity index (χ1) is 14.1. The van der Waals surface area contributed by atoms with Crippen LogP contribution in [-0.2, 0) is 0 Å². The number of nitrogen functional groups attached to an aromatic ring is 1. The molecule has 4 rings (SSSR count). The minimum Gasteiger partial charge on any atom is -0.495 e. The Morgan fingerprint density at radius 2 is 1.66 bits per heavy atom. The van der Waals surface area contributed by atoms with Crippen LogP contribution in [0.3, 0.4) is 0 Å². The predicted octanol–water partition coefficient (Wildman–Crippen LogP) is 4.22. The van der Waals surface area contributed by atoms with Crippen LogP contribution in [0.4, 0.5) is 17.1 Å². The van der Waals surface area contributed by atoms with E-state index in [9.17, 15) is 0 Å². The Kier molecular flexibility index (Phi) is 4.97. The van der Waals surface area contributed by atoms with Crippen LogP contribution in [0.2, 0.25) is 0 Å². The van der Waals surface area contributed by atoms with Crippen molar-refractivity contribution < 1.29 is 14.2 Å². The van der Waals surface area contributed by atoms with Crippen LogP contribution in [-0.4, -0.2) is 20.6 Å². The normalized spacial score (nSPS) is 15.0. The van der Waals surface area contributed by atoms with E-state index in [4.69, 9.17) is 25.7 Å². The first-order valence-corrected chi connectivity index (χ1v) is 9.07. The zero-order chi connectivity index (χ0) is 20.4. The third-order valence-corrected chi connectivity index (χ3v) is 4.73. The molecule has 0 bridgehead atoms. The smallest absolute Gasteiger partial charge is 0.169 e. The quantitative estimate of drug-likeness (QED) is 0.634. The fraction of sp³-hybridized carbons (Fsp3) is 0.136. The minimum atomic E-state index is -0.457. The number of fused-ring (bicyclic) bond motifs is 1. The Morgan fingerprint density at radius 3 is 2.38 bits per heavy atom. The van der Waals surface area contributed by atoms with Gasteiger partial charge in [0.1, 0.15) is 17.7 Å². The van der Waals surface area contributed by atoms with Crippen molar-refractivity contribution >= 4 is 23.4 Å². The zero-order valence-electron chi connectivity index (χ0n) is 16.2. The molecule has 0 saturated heterocycles. The molecule has 0 aromatic heterocycles. The van der Waals surface area contributed by atoms with E-state index < -0.39 is 6.17 Å². The van der Waals surface area contributed by atoms with Crippen LogP contribution in [0.5, 0.6) is 23.0 Å². The van der Waals surface area contributed by atoms with E-state index in [2.05, 4.69) is 4.99 Å². The SMILES string of the molecule is COc1cc2c(cc1N)C(N)N(c1ccc(Oc3ccccc3)c(OC)c1)C=N2. The second-order valence-electron chi connectivity index (χ2n) is 6.50. The summed E-state index contributed by atoms with van der Waals surface area (Å²) < 4.78 is 16.7. The predicted molar refractivity (Wildman–Crippen MR) is 114 cm³/mol. The molecule has 1 unspecified atom stereocenters. The fourth-order valence-electron chi connectivity index (χ4n) is 3.22. The Morgan fingerprint density at radius 1 is 0.897 bits per heavy atom. The van der Waals surface area contributed by atoms with Crippen LogP contribution >= 0.6 is 0 Å². The standard InChI is InChI=1S/C22H22N4O3/c1-27-20-12-18-16(11-17(20)23)22(24)26(13-25-18)14-8-9-19(21(10-14)28-2)29-15-6-4-3-5-7-15/h3-13,22H,23-24H2,1-2H3. The van der Waals surface area contributed by atoms with Gasteiger partial charge in [-0.3, -0.25) is 0 Å². The van der Waals surface area contributed by atoms with Gasteiger partial charge in [0.2, 0.25) is 0 Å². The van der Waals surface area contributed by atoms with E-state index in [0.717, 1.165) is 22.7 Å². The summed E-state index contributed by atoms with van der Waals surface area (Å²) in [5.41, 5.74) is 15.4. The van der Waals surface area contributed by atoms with E-state index in [1.165, 1.54) is 0 Å². The Labute approximate surface area is 169 Å². The summed E-state index contributed by atoms with van der Waals surface area (Å²) in [6.07, 6.45) is 1.23. The lowest BCUT2D eigenvalue weighted by Gasteiger charge is -2.32. The van der Waals surface area contributed by atoms with Crippen LogP contribution in [0.1, 0.15) is 11.7 Å². The molecule has 3 aromatic rings. The zero-order valence-corrected chi connectivity index (χ0v) is 16.2. The maximum atomic E-state index is 6.50. The number of benzene rings is 3. The van der Waals surface area contributed by atoms with Crippen LogP contribution in [0, 0.1) is 0 Å². The average molecular weight is 390 g/mol. The highest BCUT2D eigenvalue weighted by Gasteiger charge is 2.25. The maximum Gasteiger partial charge on any atom is 0.169 e. The molecule has 0 aliphatic carbocycles. The van der Waals surface area contributed by atoms with Crippen molar-refractivity contribution in [3.8, 4) is 23.0 Å². The molecule has 7 heteroatoms. The highest BCUT2D eigenvalue weighted by atomic mass is 16.5. The van der Waals surface area contributed by atoms with Crippen LogP contribution in [0.15, 0.2) is 65.7 Å². The number of nitrogens with zero attached hydrogens (tertiary/aromatic N) is 2. The number of anilines is 2. The van der Waals surface area contributed by atoms with Gasteiger partial charge in [-0.25, -0.2) is 4.99 Å². The van der Waals surface area contributed by atoms with Crippen molar-refractivity contribution in [2.75, 3.05) is 24.9 Å². The summed E-state index contributed by atoms with van der Waals surface area (Å²) in [7, 11) is 3.17. The van der Waals surface area contributed by atoms with Gasteiger partial charge in [-0.15, -0.1) is 0 Å². The summed E-state index contributed by atoms with van der Waals surface area (Å²) in [5.74, 6) is 2.50. The van der Waals surface area contributed by atoms with Crippen molar-refractivity contribution in [2.24, 2.45) is 10.7 Å². The molecule has 0 fully saturated rings. The van der Waals surface area contributed by atoms with E-state index >= 15 is 0 Å². The molecule has 1 aliphatic heterocycles. The molecular formula is C22H22N4O3. The van der Waals surface area contributed by atoms with Crippen molar-refractivity contribution in [1.82, 2.24) is 0 Å². The largest absolute Gasteiger partial charge is 0.495 e. The molecule has 1 heterocycles. The summed E-state index contributed by atoms with van der Waals surface area (Å²) in [5, 5.41) is 0. The molecule has 0 amide bonds. The van der Waals surface area contributed by atoms with Crippen molar-refractivity contribution in [2.45, 2.75) is 6.17 Å². The summed E-state index contributed by atoms with van der Waals surface area (Å²) in [6, 6.07) is 18.7. The Hall–Kier alpha value is -3.71. The van der Waals surface area contributed by atoms with Gasteiger partial charge in [0.15, 0.2) is 11.5 Å². The van der Waals surface area contributed by atoms with Gasteiger partial charge in [0.25, 0.3) is 0 Å². The first kappa shape index (κ1) is 18.6. The van der Waals surface area contributed by atoms with Crippen LogP contribution in [0.25, 0.3) is 0 Å². The number of aliphatic imine (C=N–C) groups is 1. The van der Waals surface area contributed by atoms with E-state index in [1.54, 1.807) is 32.7 Å². The van der Waals surface area contributed by atoms with Crippen molar-refractivity contribution in [1.29, 1.82) is 0 Å². The highest BCUT2D eigenvalue weighted by molar-refractivity contribution is 5.87. The molecule has 0 saturated carbocycles. The highest BCUT2D eigenvalue weighted by Crippen LogP contribution is 2.41. The minimum absolute atomic E-state index is 0.457. The average Bonchev–Trinajstić information content (AvgIpc) is 2.75. The lowest BCUT2D eigenvalue weighted by Crippen LogP contribution is -2.35. The molecule has 7 nitrogen and oxygen atoms in total. The summed E-state index contributed by atoms with van der Waals surface area (Å²) >= 11 is 0. The summed E-state index contributed by atoms with van der Waals surface area (Å²) in [4.78, 5) is 6.36. The van der Waals surface area contributed by atoms with Gasteiger partial charge < -0.3 is 30.6 Å². The second kappa shape index (κ2) is 7.73. The van der Waals surface area contributed by atoms with Crippen LogP contribution < -0.4 is 30.6 Å². The monoisotopic (exact) mass is 390 g/mol. The number of para-hydroxylation sites is 1. The molecule has 3 aromatic carbocycles. The number of hydrogen-bond acceptors (Lipinski definition) is 7. The van der Waals surface area contributed by atoms with Gasteiger partial charge in [0, 0.05) is 23.4 Å². The fourth-order valence-corrected chi connectivity index (χ4v) is 3.22. The number of methoxy groups -OCH3 is 2. The molecule has 4 N–H and O–H groups in total. The Bertz CT molecular complexity index is 1050. The van der Waals surface area contributed by atoms with E-state index in [0.29, 0.717) is 22.9 Å². The van der Waals surface area contributed by atoms with Crippen molar-refractivity contribution in [3.63, 3.8) is 0 Å². The molecular weight excluding hydrogens is 368 g/mol. The molecule has 1 atom stereocenters.